The standard InChI is InChI=1S/C7H8O3S.C6H15NO/c1-6-2-4-7(5-3-6)11(8,9)10;1-4-7(5-2)6(3)8/h2-5H,1H3,(H,8,9,10);6,8H,4-5H2,1-3H3. The maximum absolute atomic E-state index is 10.5. The van der Waals surface area contributed by atoms with E-state index in [4.69, 9.17) is 9.66 Å². The third kappa shape index (κ3) is 7.27. The fraction of sp³-hybridized carbons (Fsp3) is 0.538. The van der Waals surface area contributed by atoms with Crippen molar-refractivity contribution in [2.75, 3.05) is 13.1 Å². The lowest BCUT2D eigenvalue weighted by atomic mass is 10.2. The third-order valence-corrected chi connectivity index (χ3v) is 3.53. The Morgan fingerprint density at radius 3 is 1.79 bits per heavy atom. The van der Waals surface area contributed by atoms with E-state index in [1.54, 1.807) is 19.1 Å². The Hall–Kier alpha value is -0.950. The summed E-state index contributed by atoms with van der Waals surface area (Å²) in [7, 11) is -4.02. The molecule has 0 bridgehead atoms. The molecule has 1 unspecified atom stereocenters. The minimum Gasteiger partial charge on any atom is -0.379 e. The van der Waals surface area contributed by atoms with Gasteiger partial charge in [0, 0.05) is 0 Å². The van der Waals surface area contributed by atoms with Gasteiger partial charge in [0.15, 0.2) is 0 Å². The molecular weight excluding hydrogens is 266 g/mol. The van der Waals surface area contributed by atoms with Gasteiger partial charge >= 0.3 is 0 Å². The first kappa shape index (κ1) is 18.0. The lowest BCUT2D eigenvalue weighted by molar-refractivity contribution is 0.0265. The minimum atomic E-state index is -4.02. The third-order valence-electron chi connectivity index (χ3n) is 2.66. The number of hydrogen-bond donors (Lipinski definition) is 2. The predicted molar refractivity (Wildman–Crippen MR) is 75.6 cm³/mol. The molecule has 1 rings (SSSR count). The average molecular weight is 289 g/mol. The van der Waals surface area contributed by atoms with Gasteiger partial charge < -0.3 is 5.11 Å². The molecule has 0 radical (unpaired) electrons. The molecule has 5 nitrogen and oxygen atoms in total. The minimum absolute atomic E-state index is 0.0666. The van der Waals surface area contributed by atoms with Gasteiger partial charge in [-0.15, -0.1) is 0 Å². The molecule has 19 heavy (non-hydrogen) atoms. The van der Waals surface area contributed by atoms with E-state index in [1.807, 2.05) is 25.7 Å². The number of nitrogens with zero attached hydrogens (tertiary/aromatic N) is 1. The average Bonchev–Trinajstić information content (AvgIpc) is 2.30. The molecule has 0 aliphatic heterocycles. The van der Waals surface area contributed by atoms with E-state index in [0.29, 0.717) is 0 Å². The summed E-state index contributed by atoms with van der Waals surface area (Å²) < 4.78 is 29.6. The van der Waals surface area contributed by atoms with E-state index in [9.17, 15) is 8.42 Å². The van der Waals surface area contributed by atoms with Crippen LogP contribution < -0.4 is 0 Å². The molecule has 0 saturated heterocycles. The largest absolute Gasteiger partial charge is 0.379 e. The SMILES string of the molecule is CCN(CC)C(C)O.Cc1ccc(S(=O)(=O)O)cc1. The molecule has 2 N–H and O–H groups in total. The van der Waals surface area contributed by atoms with Crippen LogP contribution in [0.1, 0.15) is 26.3 Å². The Bertz CT molecular complexity index is 450. The first-order chi connectivity index (χ1) is 8.72. The number of aryl methyl sites for hydroxylation is 1. The van der Waals surface area contributed by atoms with E-state index in [2.05, 4.69) is 0 Å². The van der Waals surface area contributed by atoms with Gasteiger partial charge in [0.2, 0.25) is 0 Å². The van der Waals surface area contributed by atoms with Crippen LogP contribution in [0.4, 0.5) is 0 Å². The number of aliphatic hydroxyl groups excluding tert-OH is 1. The van der Waals surface area contributed by atoms with Crippen LogP contribution in [-0.4, -0.2) is 42.3 Å². The van der Waals surface area contributed by atoms with Crippen LogP contribution in [0.3, 0.4) is 0 Å². The molecule has 6 heteroatoms. The summed E-state index contributed by atoms with van der Waals surface area (Å²) in [6, 6.07) is 5.99. The Morgan fingerprint density at radius 1 is 1.16 bits per heavy atom. The molecule has 0 aliphatic carbocycles. The molecule has 0 heterocycles. The maximum Gasteiger partial charge on any atom is 0.294 e. The van der Waals surface area contributed by atoms with Crippen molar-refractivity contribution in [1.82, 2.24) is 4.90 Å². The zero-order chi connectivity index (χ0) is 15.1. The van der Waals surface area contributed by atoms with Crippen LogP contribution in [0.2, 0.25) is 0 Å². The van der Waals surface area contributed by atoms with Crippen LogP contribution in [0, 0.1) is 6.92 Å². The van der Waals surface area contributed by atoms with Gasteiger partial charge in [0.25, 0.3) is 10.1 Å². The summed E-state index contributed by atoms with van der Waals surface area (Å²) in [6.45, 7) is 9.55. The van der Waals surface area contributed by atoms with Crippen molar-refractivity contribution >= 4 is 10.1 Å². The molecule has 0 fully saturated rings. The molecule has 0 aromatic heterocycles. The molecule has 1 aromatic carbocycles. The number of rotatable bonds is 4. The summed E-state index contributed by atoms with van der Waals surface area (Å²) in [5.74, 6) is 0. The smallest absolute Gasteiger partial charge is 0.294 e. The highest BCUT2D eigenvalue weighted by Gasteiger charge is 2.06. The molecule has 0 saturated carbocycles. The summed E-state index contributed by atoms with van der Waals surface area (Å²) in [4.78, 5) is 1.91. The predicted octanol–water partition coefficient (Wildman–Crippen LogP) is 1.91. The van der Waals surface area contributed by atoms with Crippen molar-refractivity contribution in [3.63, 3.8) is 0 Å². The van der Waals surface area contributed by atoms with Crippen molar-refractivity contribution in [2.24, 2.45) is 0 Å². The Kier molecular flexibility index (Phi) is 7.85. The molecular formula is C13H23NO4S. The first-order valence-electron chi connectivity index (χ1n) is 6.18. The molecule has 0 aliphatic rings. The fourth-order valence-electron chi connectivity index (χ4n) is 1.46. The van der Waals surface area contributed by atoms with Crippen molar-refractivity contribution < 1.29 is 18.1 Å². The van der Waals surface area contributed by atoms with E-state index in [0.717, 1.165) is 18.7 Å². The van der Waals surface area contributed by atoms with Crippen molar-refractivity contribution in [3.8, 4) is 0 Å². The van der Waals surface area contributed by atoms with Crippen molar-refractivity contribution in [2.45, 2.75) is 38.8 Å². The van der Waals surface area contributed by atoms with Crippen molar-refractivity contribution in [3.05, 3.63) is 29.8 Å². The zero-order valence-corrected chi connectivity index (χ0v) is 12.7. The van der Waals surface area contributed by atoms with E-state index in [1.165, 1.54) is 12.1 Å². The van der Waals surface area contributed by atoms with Gasteiger partial charge in [0.1, 0.15) is 6.23 Å². The topological polar surface area (TPSA) is 77.8 Å². The normalized spacial score (nSPS) is 12.8. The lowest BCUT2D eigenvalue weighted by Crippen LogP contribution is -2.32. The lowest BCUT2D eigenvalue weighted by Gasteiger charge is -2.20. The Balaban J connectivity index is 0.000000362. The van der Waals surface area contributed by atoms with E-state index < -0.39 is 10.1 Å². The summed E-state index contributed by atoms with van der Waals surface area (Å²) in [5, 5.41) is 8.94. The van der Waals surface area contributed by atoms with Crippen LogP contribution in [0.5, 0.6) is 0 Å². The van der Waals surface area contributed by atoms with E-state index >= 15 is 0 Å². The molecule has 110 valence electrons. The maximum atomic E-state index is 10.5. The molecule has 0 spiro atoms. The monoisotopic (exact) mass is 289 g/mol. The quantitative estimate of drug-likeness (QED) is 0.654. The highest BCUT2D eigenvalue weighted by molar-refractivity contribution is 7.85. The van der Waals surface area contributed by atoms with Crippen LogP contribution >= 0.6 is 0 Å². The molecule has 1 aromatic rings. The van der Waals surface area contributed by atoms with Gasteiger partial charge in [0.05, 0.1) is 4.90 Å². The Labute approximate surface area is 115 Å². The summed E-state index contributed by atoms with van der Waals surface area (Å²) in [6.07, 6.45) is -0.287. The van der Waals surface area contributed by atoms with Gasteiger partial charge in [-0.3, -0.25) is 9.45 Å². The number of aliphatic hydroxyl groups is 1. The van der Waals surface area contributed by atoms with E-state index in [-0.39, 0.29) is 11.1 Å². The zero-order valence-electron chi connectivity index (χ0n) is 11.9. The van der Waals surface area contributed by atoms with Gasteiger partial charge in [-0.2, -0.15) is 8.42 Å². The summed E-state index contributed by atoms with van der Waals surface area (Å²) in [5.41, 5.74) is 0.956. The number of benzene rings is 1. The van der Waals surface area contributed by atoms with Crippen LogP contribution in [-0.2, 0) is 10.1 Å². The van der Waals surface area contributed by atoms with Gasteiger partial charge in [-0.25, -0.2) is 0 Å². The van der Waals surface area contributed by atoms with Gasteiger partial charge in [-0.1, -0.05) is 31.5 Å². The van der Waals surface area contributed by atoms with Crippen LogP contribution in [0.25, 0.3) is 0 Å². The highest BCUT2D eigenvalue weighted by atomic mass is 32.2. The molecule has 0 amide bonds. The van der Waals surface area contributed by atoms with Crippen molar-refractivity contribution in [1.29, 1.82) is 0 Å². The fourth-order valence-corrected chi connectivity index (χ4v) is 1.94. The molecule has 1 atom stereocenters. The first-order valence-corrected chi connectivity index (χ1v) is 7.62. The van der Waals surface area contributed by atoms with Gasteiger partial charge in [-0.05, 0) is 39.1 Å². The second kappa shape index (κ2) is 8.27. The Morgan fingerprint density at radius 2 is 1.58 bits per heavy atom. The highest BCUT2D eigenvalue weighted by Crippen LogP contribution is 2.08. The number of hydrogen-bond acceptors (Lipinski definition) is 4. The second-order valence-corrected chi connectivity index (χ2v) is 5.56. The summed E-state index contributed by atoms with van der Waals surface area (Å²) >= 11 is 0. The van der Waals surface area contributed by atoms with Crippen LogP contribution in [0.15, 0.2) is 29.2 Å². The second-order valence-electron chi connectivity index (χ2n) is 4.14.